The van der Waals surface area contributed by atoms with Crippen LogP contribution in [0.15, 0.2) is 15.8 Å². The van der Waals surface area contributed by atoms with Crippen molar-refractivity contribution >= 4 is 17.2 Å². The van der Waals surface area contributed by atoms with Crippen molar-refractivity contribution in [2.75, 3.05) is 6.54 Å². The molecule has 14 heavy (non-hydrogen) atoms. The molecule has 1 N–H and O–H groups in total. The van der Waals surface area contributed by atoms with Crippen molar-refractivity contribution in [2.45, 2.75) is 32.7 Å². The van der Waals surface area contributed by atoms with Gasteiger partial charge >= 0.3 is 0 Å². The predicted octanol–water partition coefficient (Wildman–Crippen LogP) is 2.73. The van der Waals surface area contributed by atoms with Gasteiger partial charge in [-0.05, 0) is 41.7 Å². The molecule has 1 aromatic heterocycles. The first kappa shape index (κ1) is 9.71. The minimum Gasteiger partial charge on any atom is -0.370 e. The van der Waals surface area contributed by atoms with E-state index in [9.17, 15) is 0 Å². The van der Waals surface area contributed by atoms with E-state index in [0.29, 0.717) is 0 Å². The van der Waals surface area contributed by atoms with Crippen LogP contribution >= 0.6 is 11.3 Å². The monoisotopic (exact) mass is 208 g/mol. The highest BCUT2D eigenvalue weighted by Crippen LogP contribution is 2.13. The molecule has 1 aliphatic rings. The van der Waals surface area contributed by atoms with Crippen LogP contribution in [0.5, 0.6) is 0 Å². The molecule has 1 aliphatic heterocycles. The molecule has 2 rings (SSSR count). The molecule has 3 heteroatoms. The van der Waals surface area contributed by atoms with E-state index in [1.165, 1.54) is 29.8 Å². The van der Waals surface area contributed by atoms with Crippen LogP contribution < -0.4 is 5.32 Å². The van der Waals surface area contributed by atoms with Crippen molar-refractivity contribution in [3.05, 3.63) is 21.9 Å². The van der Waals surface area contributed by atoms with Crippen molar-refractivity contribution in [1.29, 1.82) is 0 Å². The number of hydrogen-bond donors (Lipinski definition) is 1. The van der Waals surface area contributed by atoms with Crippen LogP contribution in [0.25, 0.3) is 0 Å². The van der Waals surface area contributed by atoms with E-state index in [0.717, 1.165) is 19.5 Å². The quantitative estimate of drug-likeness (QED) is 0.794. The molecule has 0 unspecified atom stereocenters. The lowest BCUT2D eigenvalue weighted by molar-refractivity contribution is 0.706. The molecule has 0 spiro atoms. The molecule has 0 radical (unpaired) electrons. The normalized spacial score (nSPS) is 16.5. The average molecular weight is 208 g/mol. The third-order valence-corrected chi connectivity index (χ3v) is 3.48. The molecule has 76 valence electrons. The minimum absolute atomic E-state index is 0.939. The van der Waals surface area contributed by atoms with Gasteiger partial charge in [0.25, 0.3) is 0 Å². The maximum atomic E-state index is 4.47. The van der Waals surface area contributed by atoms with E-state index in [-0.39, 0.29) is 0 Å². The Hall–Kier alpha value is -0.830. The highest BCUT2D eigenvalue weighted by atomic mass is 32.1. The Labute approximate surface area is 89.1 Å². The van der Waals surface area contributed by atoms with Gasteiger partial charge in [-0.3, -0.25) is 4.99 Å². The Morgan fingerprint density at radius 1 is 1.43 bits per heavy atom. The summed E-state index contributed by atoms with van der Waals surface area (Å²) in [5, 5.41) is 7.83. The van der Waals surface area contributed by atoms with Gasteiger partial charge in [0.2, 0.25) is 0 Å². The van der Waals surface area contributed by atoms with Crippen LogP contribution in [-0.2, 0) is 6.54 Å². The molecule has 2 nitrogen and oxygen atoms in total. The maximum absolute atomic E-state index is 4.47. The molecule has 0 saturated heterocycles. The van der Waals surface area contributed by atoms with Crippen LogP contribution in [0.2, 0.25) is 0 Å². The van der Waals surface area contributed by atoms with Crippen molar-refractivity contribution in [1.82, 2.24) is 5.32 Å². The number of thiophene rings is 1. The molecule has 2 heterocycles. The second-order valence-corrected chi connectivity index (χ2v) is 4.46. The maximum Gasteiger partial charge on any atom is 0.0965 e. The van der Waals surface area contributed by atoms with E-state index in [2.05, 4.69) is 28.0 Å². The molecule has 0 atom stereocenters. The second kappa shape index (κ2) is 4.60. The molecule has 1 aromatic rings. The van der Waals surface area contributed by atoms with Gasteiger partial charge in [-0.1, -0.05) is 0 Å². The minimum atomic E-state index is 0.939. The topological polar surface area (TPSA) is 24.4 Å². The summed E-state index contributed by atoms with van der Waals surface area (Å²) in [6.45, 7) is 4.11. The van der Waals surface area contributed by atoms with Crippen LogP contribution in [-0.4, -0.2) is 12.4 Å². The predicted molar refractivity (Wildman–Crippen MR) is 62.0 cm³/mol. The number of amidine groups is 1. The zero-order valence-electron chi connectivity index (χ0n) is 8.55. The smallest absolute Gasteiger partial charge is 0.0965 e. The van der Waals surface area contributed by atoms with Crippen molar-refractivity contribution in [2.24, 2.45) is 4.99 Å². The number of aliphatic imine (C=N–C) groups is 1. The van der Waals surface area contributed by atoms with E-state index in [1.54, 1.807) is 11.3 Å². The summed E-state index contributed by atoms with van der Waals surface area (Å²) in [7, 11) is 0. The van der Waals surface area contributed by atoms with Gasteiger partial charge in [0, 0.05) is 19.5 Å². The van der Waals surface area contributed by atoms with Gasteiger partial charge < -0.3 is 5.32 Å². The fraction of sp³-hybridized carbons (Fsp3) is 0.545. The van der Waals surface area contributed by atoms with Crippen LogP contribution in [0.1, 0.15) is 30.4 Å². The van der Waals surface area contributed by atoms with Gasteiger partial charge in [0.1, 0.15) is 0 Å². The first-order valence-corrected chi connectivity index (χ1v) is 6.09. The van der Waals surface area contributed by atoms with Gasteiger partial charge in [-0.2, -0.15) is 11.3 Å². The zero-order valence-corrected chi connectivity index (χ0v) is 9.36. The summed E-state index contributed by atoms with van der Waals surface area (Å²) in [6, 6.07) is 0. The van der Waals surface area contributed by atoms with E-state index >= 15 is 0 Å². The Kier molecular flexibility index (Phi) is 3.19. The number of hydrogen-bond acceptors (Lipinski definition) is 3. The lowest BCUT2D eigenvalue weighted by Crippen LogP contribution is -2.25. The molecule has 0 aromatic carbocycles. The summed E-state index contributed by atoms with van der Waals surface area (Å²) in [5.74, 6) is 1.20. The van der Waals surface area contributed by atoms with Crippen LogP contribution in [0, 0.1) is 6.92 Å². The van der Waals surface area contributed by atoms with Gasteiger partial charge in [-0.25, -0.2) is 0 Å². The van der Waals surface area contributed by atoms with Gasteiger partial charge in [-0.15, -0.1) is 0 Å². The highest BCUT2D eigenvalue weighted by molar-refractivity contribution is 7.08. The highest BCUT2D eigenvalue weighted by Gasteiger charge is 2.05. The fourth-order valence-corrected chi connectivity index (χ4v) is 2.46. The Balaban J connectivity index is 1.88. The second-order valence-electron chi connectivity index (χ2n) is 3.72. The standard InChI is InChI=1S/C11H16N2S/c1-9-7-14-8-10(9)6-13-11-4-2-3-5-12-11/h7-8H,2-6H2,1H3,(H,12,13). The van der Waals surface area contributed by atoms with Crippen molar-refractivity contribution < 1.29 is 0 Å². The summed E-state index contributed by atoms with van der Waals surface area (Å²) >= 11 is 1.77. The van der Waals surface area contributed by atoms with Crippen molar-refractivity contribution in [3.8, 4) is 0 Å². The Bertz CT molecular complexity index is 328. The van der Waals surface area contributed by atoms with Crippen molar-refractivity contribution in [3.63, 3.8) is 0 Å². The van der Waals surface area contributed by atoms with E-state index in [1.807, 2.05) is 0 Å². The SMILES string of the molecule is Cc1cscc1CNC1=NCCCC1. The zero-order chi connectivity index (χ0) is 9.80. The Morgan fingerprint density at radius 3 is 3.00 bits per heavy atom. The Morgan fingerprint density at radius 2 is 2.36 bits per heavy atom. The summed E-state index contributed by atoms with van der Waals surface area (Å²) in [6.07, 6.45) is 3.67. The van der Waals surface area contributed by atoms with Crippen LogP contribution in [0.3, 0.4) is 0 Å². The first-order valence-electron chi connectivity index (χ1n) is 5.15. The number of nitrogens with zero attached hydrogens (tertiary/aromatic N) is 1. The summed E-state index contributed by atoms with van der Waals surface area (Å²) < 4.78 is 0. The largest absolute Gasteiger partial charge is 0.370 e. The molecule has 0 aliphatic carbocycles. The number of rotatable bonds is 2. The summed E-state index contributed by atoms with van der Waals surface area (Å²) in [5.41, 5.74) is 2.79. The van der Waals surface area contributed by atoms with Crippen LogP contribution in [0.4, 0.5) is 0 Å². The fourth-order valence-electron chi connectivity index (χ4n) is 1.61. The summed E-state index contributed by atoms with van der Waals surface area (Å²) in [4.78, 5) is 4.47. The molecule has 0 fully saturated rings. The van der Waals surface area contributed by atoms with E-state index in [4.69, 9.17) is 0 Å². The third kappa shape index (κ3) is 2.35. The van der Waals surface area contributed by atoms with Gasteiger partial charge in [0.15, 0.2) is 0 Å². The lowest BCUT2D eigenvalue weighted by atomic mass is 10.1. The van der Waals surface area contributed by atoms with Gasteiger partial charge in [0.05, 0.1) is 5.84 Å². The molecule has 0 saturated carbocycles. The third-order valence-electron chi connectivity index (χ3n) is 2.57. The molecule has 0 amide bonds. The number of aryl methyl sites for hydroxylation is 1. The number of nitrogens with one attached hydrogen (secondary N) is 1. The molecular weight excluding hydrogens is 192 g/mol. The first-order chi connectivity index (χ1) is 6.86. The average Bonchev–Trinajstić information content (AvgIpc) is 2.63. The molecule has 0 bridgehead atoms. The molecular formula is C11H16N2S. The lowest BCUT2D eigenvalue weighted by Gasteiger charge is -2.13. The van der Waals surface area contributed by atoms with E-state index < -0.39 is 0 Å².